The van der Waals surface area contributed by atoms with Gasteiger partial charge in [-0.3, -0.25) is 5.10 Å². The van der Waals surface area contributed by atoms with E-state index in [0.717, 1.165) is 23.2 Å². The predicted molar refractivity (Wildman–Crippen MR) is 69.6 cm³/mol. The molecule has 5 nitrogen and oxygen atoms in total. The third-order valence-corrected chi connectivity index (χ3v) is 4.01. The summed E-state index contributed by atoms with van der Waals surface area (Å²) in [6.45, 7) is 0. The summed E-state index contributed by atoms with van der Waals surface area (Å²) in [7, 11) is 0. The van der Waals surface area contributed by atoms with Crippen molar-refractivity contribution in [3.8, 4) is 0 Å². The lowest BCUT2D eigenvalue weighted by atomic mass is 10.3. The van der Waals surface area contributed by atoms with Gasteiger partial charge in [0, 0.05) is 11.3 Å². The molecule has 0 aliphatic heterocycles. The van der Waals surface area contributed by atoms with Crippen LogP contribution in [0.3, 0.4) is 0 Å². The van der Waals surface area contributed by atoms with Gasteiger partial charge in [-0.2, -0.15) is 0 Å². The molecule has 92 valence electrons. The number of nitrogens with zero attached hydrogens (tertiary/aromatic N) is 3. The van der Waals surface area contributed by atoms with Crippen LogP contribution in [0, 0.1) is 0 Å². The number of oxazole rings is 1. The lowest BCUT2D eigenvalue weighted by Crippen LogP contribution is -1.87. The third kappa shape index (κ3) is 2.80. The fourth-order valence-electron chi connectivity index (χ4n) is 1.45. The Labute approximate surface area is 112 Å². The van der Waals surface area contributed by atoms with Crippen molar-refractivity contribution in [1.82, 2.24) is 20.2 Å². The van der Waals surface area contributed by atoms with Gasteiger partial charge in [-0.15, -0.1) is 16.4 Å². The summed E-state index contributed by atoms with van der Waals surface area (Å²) in [5.74, 6) is 2.40. The highest BCUT2D eigenvalue weighted by atomic mass is 32.2. The van der Waals surface area contributed by atoms with E-state index in [4.69, 9.17) is 4.42 Å². The normalized spacial score (nSPS) is 10.9. The number of hydrogen-bond donors (Lipinski definition) is 1. The van der Waals surface area contributed by atoms with E-state index in [1.54, 1.807) is 17.5 Å². The number of thioether (sulfide) groups is 1. The SMILES string of the molecule is c1csc(Cc2nc(SCc3cnco3)n[nH]2)c1. The predicted octanol–water partition coefficient (Wildman–Crippen LogP) is 2.74. The van der Waals surface area contributed by atoms with E-state index in [0.29, 0.717) is 5.75 Å². The van der Waals surface area contributed by atoms with E-state index in [2.05, 4.69) is 31.6 Å². The van der Waals surface area contributed by atoms with Crippen LogP contribution < -0.4 is 0 Å². The minimum Gasteiger partial charge on any atom is -0.448 e. The van der Waals surface area contributed by atoms with Crippen molar-refractivity contribution in [1.29, 1.82) is 0 Å². The maximum Gasteiger partial charge on any atom is 0.208 e. The molecule has 0 aliphatic carbocycles. The number of H-pyrrole nitrogens is 1. The van der Waals surface area contributed by atoms with E-state index >= 15 is 0 Å². The molecule has 0 atom stereocenters. The molecule has 0 unspecified atom stereocenters. The monoisotopic (exact) mass is 278 g/mol. The van der Waals surface area contributed by atoms with Crippen LogP contribution in [0.4, 0.5) is 0 Å². The summed E-state index contributed by atoms with van der Waals surface area (Å²) >= 11 is 3.25. The first-order valence-corrected chi connectivity index (χ1v) is 7.20. The minimum absolute atomic E-state index is 0.691. The number of aromatic amines is 1. The van der Waals surface area contributed by atoms with Gasteiger partial charge >= 0.3 is 0 Å². The molecule has 3 rings (SSSR count). The van der Waals surface area contributed by atoms with Crippen molar-refractivity contribution in [2.24, 2.45) is 0 Å². The first-order chi connectivity index (χ1) is 8.90. The number of hydrogen-bond acceptors (Lipinski definition) is 6. The van der Waals surface area contributed by atoms with Gasteiger partial charge in [0.05, 0.1) is 11.9 Å². The highest BCUT2D eigenvalue weighted by Crippen LogP contribution is 2.19. The highest BCUT2D eigenvalue weighted by molar-refractivity contribution is 7.98. The van der Waals surface area contributed by atoms with E-state index in [1.165, 1.54) is 23.0 Å². The summed E-state index contributed by atoms with van der Waals surface area (Å²) in [5.41, 5.74) is 0. The van der Waals surface area contributed by atoms with Gasteiger partial charge in [-0.25, -0.2) is 9.97 Å². The summed E-state index contributed by atoms with van der Waals surface area (Å²) < 4.78 is 5.15. The van der Waals surface area contributed by atoms with Gasteiger partial charge in [-0.1, -0.05) is 17.8 Å². The zero-order chi connectivity index (χ0) is 12.2. The quantitative estimate of drug-likeness (QED) is 0.727. The molecule has 0 spiro atoms. The molecule has 3 aromatic rings. The van der Waals surface area contributed by atoms with E-state index in [-0.39, 0.29) is 0 Å². The molecule has 3 heterocycles. The van der Waals surface area contributed by atoms with E-state index < -0.39 is 0 Å². The fourth-order valence-corrected chi connectivity index (χ4v) is 2.86. The van der Waals surface area contributed by atoms with Crippen molar-refractivity contribution in [2.45, 2.75) is 17.3 Å². The molecule has 1 N–H and O–H groups in total. The fraction of sp³-hybridized carbons (Fsp3) is 0.182. The molecule has 3 aromatic heterocycles. The van der Waals surface area contributed by atoms with Gasteiger partial charge in [0.15, 0.2) is 6.39 Å². The van der Waals surface area contributed by atoms with Crippen molar-refractivity contribution >= 4 is 23.1 Å². The largest absolute Gasteiger partial charge is 0.448 e. The summed E-state index contributed by atoms with van der Waals surface area (Å²) in [5, 5.41) is 9.91. The average molecular weight is 278 g/mol. The van der Waals surface area contributed by atoms with Crippen LogP contribution >= 0.6 is 23.1 Å². The average Bonchev–Trinajstić information content (AvgIpc) is 3.09. The Balaban J connectivity index is 1.59. The molecule has 0 amide bonds. The molecular formula is C11H10N4OS2. The third-order valence-electron chi connectivity index (χ3n) is 2.26. The van der Waals surface area contributed by atoms with Crippen molar-refractivity contribution < 1.29 is 4.42 Å². The Kier molecular flexibility index (Phi) is 3.42. The second-order valence-electron chi connectivity index (χ2n) is 3.58. The van der Waals surface area contributed by atoms with Crippen LogP contribution in [-0.4, -0.2) is 20.2 Å². The van der Waals surface area contributed by atoms with Crippen LogP contribution in [0.5, 0.6) is 0 Å². The Morgan fingerprint density at radius 2 is 2.44 bits per heavy atom. The van der Waals surface area contributed by atoms with Crippen molar-refractivity contribution in [3.63, 3.8) is 0 Å². The van der Waals surface area contributed by atoms with E-state index in [1.807, 2.05) is 6.07 Å². The smallest absolute Gasteiger partial charge is 0.208 e. The molecule has 0 saturated heterocycles. The van der Waals surface area contributed by atoms with Crippen molar-refractivity contribution in [3.05, 3.63) is 46.6 Å². The lowest BCUT2D eigenvalue weighted by Gasteiger charge is -1.91. The van der Waals surface area contributed by atoms with Gasteiger partial charge in [0.25, 0.3) is 0 Å². The van der Waals surface area contributed by atoms with Crippen LogP contribution in [0.2, 0.25) is 0 Å². The topological polar surface area (TPSA) is 67.6 Å². The Morgan fingerprint density at radius 1 is 1.44 bits per heavy atom. The van der Waals surface area contributed by atoms with Gasteiger partial charge < -0.3 is 4.42 Å². The number of rotatable bonds is 5. The summed E-state index contributed by atoms with van der Waals surface area (Å²) in [4.78, 5) is 9.56. The summed E-state index contributed by atoms with van der Waals surface area (Å²) in [6, 6.07) is 4.13. The van der Waals surface area contributed by atoms with Crippen LogP contribution in [0.15, 0.2) is 39.7 Å². The number of aromatic nitrogens is 4. The zero-order valence-corrected chi connectivity index (χ0v) is 11.0. The molecule has 7 heteroatoms. The Morgan fingerprint density at radius 3 is 3.22 bits per heavy atom. The molecule has 0 fully saturated rings. The zero-order valence-electron chi connectivity index (χ0n) is 9.37. The highest BCUT2D eigenvalue weighted by Gasteiger charge is 2.06. The molecule has 18 heavy (non-hydrogen) atoms. The molecule has 0 radical (unpaired) electrons. The Hall–Kier alpha value is -1.60. The maximum absolute atomic E-state index is 5.15. The first-order valence-electron chi connectivity index (χ1n) is 5.34. The van der Waals surface area contributed by atoms with Gasteiger partial charge in [0.1, 0.15) is 11.6 Å². The van der Waals surface area contributed by atoms with Gasteiger partial charge in [0.2, 0.25) is 5.16 Å². The van der Waals surface area contributed by atoms with E-state index in [9.17, 15) is 0 Å². The Bertz CT molecular complexity index is 588. The number of thiophene rings is 1. The second-order valence-corrected chi connectivity index (χ2v) is 5.55. The van der Waals surface area contributed by atoms with Crippen molar-refractivity contribution in [2.75, 3.05) is 0 Å². The van der Waals surface area contributed by atoms with Crippen LogP contribution in [0.25, 0.3) is 0 Å². The lowest BCUT2D eigenvalue weighted by molar-refractivity contribution is 0.523. The minimum atomic E-state index is 0.691. The summed E-state index contributed by atoms with van der Waals surface area (Å²) in [6.07, 6.45) is 3.93. The molecule has 0 bridgehead atoms. The first kappa shape index (κ1) is 11.5. The second kappa shape index (κ2) is 5.36. The standard InChI is InChI=1S/C11H10N4OS2/c1-2-9(17-3-1)4-10-13-11(15-14-10)18-6-8-5-12-7-16-8/h1-3,5,7H,4,6H2,(H,13,14,15). The molecule has 0 saturated carbocycles. The maximum atomic E-state index is 5.15. The molecular weight excluding hydrogens is 268 g/mol. The molecule has 0 aromatic carbocycles. The van der Waals surface area contributed by atoms with Crippen LogP contribution in [-0.2, 0) is 12.2 Å². The van der Waals surface area contributed by atoms with Crippen LogP contribution in [0.1, 0.15) is 16.5 Å². The van der Waals surface area contributed by atoms with Gasteiger partial charge in [-0.05, 0) is 11.4 Å². The number of nitrogens with one attached hydrogen (secondary N) is 1. The molecule has 0 aliphatic rings.